The number of rotatable bonds is 3. The summed E-state index contributed by atoms with van der Waals surface area (Å²) in [4.78, 5) is 35.3. The monoisotopic (exact) mass is 265 g/mol. The summed E-state index contributed by atoms with van der Waals surface area (Å²) in [7, 11) is 0. The lowest BCUT2D eigenvalue weighted by Crippen LogP contribution is -2.32. The lowest BCUT2D eigenvalue weighted by atomic mass is 10.2. The number of nitrogens with zero attached hydrogens (tertiary/aromatic N) is 1. The van der Waals surface area contributed by atoms with E-state index in [1.54, 1.807) is 24.3 Å². The number of amides is 2. The fraction of sp³-hybridized carbons (Fsp3) is 0.250. The summed E-state index contributed by atoms with van der Waals surface area (Å²) in [6.45, 7) is 1.90. The smallest absolute Gasteiger partial charge is 0.305 e. The van der Waals surface area contributed by atoms with Gasteiger partial charge < -0.3 is 5.11 Å². The molecule has 0 bridgehead atoms. The molecule has 6 heteroatoms. The summed E-state index contributed by atoms with van der Waals surface area (Å²) < 4.78 is 0. The summed E-state index contributed by atoms with van der Waals surface area (Å²) in [5, 5.41) is 7.43. The zero-order valence-corrected chi connectivity index (χ0v) is 10.4. The van der Waals surface area contributed by atoms with E-state index in [1.807, 2.05) is 6.92 Å². The maximum absolute atomic E-state index is 12.0. The van der Waals surface area contributed by atoms with Crippen LogP contribution in [0.3, 0.4) is 0 Å². The minimum atomic E-state index is -1.08. The molecule has 1 aliphatic rings. The van der Waals surface area contributed by atoms with Crippen molar-refractivity contribution in [3.8, 4) is 0 Å². The van der Waals surface area contributed by atoms with Gasteiger partial charge in [0.15, 0.2) is 0 Å². The standard InChI is InChI=1S/C12H11NO4S/c1-7-2-4-8(5-3-7)13-11(16)9(6-10(14)15)18-12(13)17/h2-5,9H,6H2,1H3,(H,14,15). The van der Waals surface area contributed by atoms with Gasteiger partial charge in [-0.15, -0.1) is 0 Å². The van der Waals surface area contributed by atoms with Crippen LogP contribution in [-0.4, -0.2) is 27.5 Å². The Morgan fingerprint density at radius 2 is 1.94 bits per heavy atom. The number of aryl methyl sites for hydroxylation is 1. The lowest BCUT2D eigenvalue weighted by Gasteiger charge is -2.13. The zero-order chi connectivity index (χ0) is 13.3. The molecule has 0 spiro atoms. The molecule has 1 unspecified atom stereocenters. The van der Waals surface area contributed by atoms with Crippen molar-refractivity contribution < 1.29 is 19.5 Å². The molecule has 0 aromatic heterocycles. The molecule has 1 aliphatic heterocycles. The number of hydrogen-bond acceptors (Lipinski definition) is 4. The molecule has 0 radical (unpaired) electrons. The molecule has 94 valence electrons. The van der Waals surface area contributed by atoms with E-state index >= 15 is 0 Å². The Morgan fingerprint density at radius 3 is 2.50 bits per heavy atom. The molecule has 5 nitrogen and oxygen atoms in total. The van der Waals surface area contributed by atoms with E-state index in [1.165, 1.54) is 0 Å². The third-order valence-electron chi connectivity index (χ3n) is 2.57. The Bertz CT molecular complexity index is 511. The van der Waals surface area contributed by atoms with Crippen LogP contribution in [0.15, 0.2) is 24.3 Å². The quantitative estimate of drug-likeness (QED) is 0.905. The van der Waals surface area contributed by atoms with Gasteiger partial charge in [-0.25, -0.2) is 4.90 Å². The van der Waals surface area contributed by atoms with Crippen LogP contribution in [-0.2, 0) is 9.59 Å². The van der Waals surface area contributed by atoms with Gasteiger partial charge in [0.1, 0.15) is 5.25 Å². The van der Waals surface area contributed by atoms with Gasteiger partial charge in [-0.2, -0.15) is 0 Å². The van der Waals surface area contributed by atoms with Crippen molar-refractivity contribution >= 4 is 34.6 Å². The second kappa shape index (κ2) is 4.81. The molecule has 0 aliphatic carbocycles. The first-order valence-electron chi connectivity index (χ1n) is 5.32. The Kier molecular flexibility index (Phi) is 3.38. The van der Waals surface area contributed by atoms with Gasteiger partial charge in [-0.05, 0) is 30.8 Å². The highest BCUT2D eigenvalue weighted by Gasteiger charge is 2.41. The molecule has 1 heterocycles. The molecule has 1 aromatic carbocycles. The summed E-state index contributed by atoms with van der Waals surface area (Å²) in [5.74, 6) is -1.55. The van der Waals surface area contributed by atoms with Gasteiger partial charge in [0.2, 0.25) is 5.91 Å². The van der Waals surface area contributed by atoms with Gasteiger partial charge in [-0.3, -0.25) is 14.4 Å². The average molecular weight is 265 g/mol. The first kappa shape index (κ1) is 12.6. The first-order chi connectivity index (χ1) is 8.49. The third kappa shape index (κ3) is 2.38. The minimum absolute atomic E-state index is 0.336. The van der Waals surface area contributed by atoms with Gasteiger partial charge in [0.25, 0.3) is 5.24 Å². The van der Waals surface area contributed by atoms with Crippen LogP contribution in [0.5, 0.6) is 0 Å². The fourth-order valence-electron chi connectivity index (χ4n) is 1.67. The Balaban J connectivity index is 2.24. The van der Waals surface area contributed by atoms with Crippen LogP contribution >= 0.6 is 11.8 Å². The van der Waals surface area contributed by atoms with E-state index in [4.69, 9.17) is 5.11 Å². The van der Waals surface area contributed by atoms with Crippen LogP contribution in [0.1, 0.15) is 12.0 Å². The van der Waals surface area contributed by atoms with Crippen molar-refractivity contribution in [2.45, 2.75) is 18.6 Å². The van der Waals surface area contributed by atoms with E-state index in [9.17, 15) is 14.4 Å². The number of imide groups is 1. The molecule has 0 saturated carbocycles. The molecule has 1 saturated heterocycles. The Morgan fingerprint density at radius 1 is 1.33 bits per heavy atom. The predicted octanol–water partition coefficient (Wildman–Crippen LogP) is 2.04. The number of carboxylic acid groups (broad SMARTS) is 1. The summed E-state index contributed by atoms with van der Waals surface area (Å²) in [6.07, 6.45) is -0.336. The van der Waals surface area contributed by atoms with E-state index < -0.39 is 22.4 Å². The number of hydrogen-bond donors (Lipinski definition) is 1. The number of carbonyl (C=O) groups excluding carboxylic acids is 2. The van der Waals surface area contributed by atoms with E-state index in [-0.39, 0.29) is 6.42 Å². The topological polar surface area (TPSA) is 74.7 Å². The average Bonchev–Trinajstić information content (AvgIpc) is 2.55. The van der Waals surface area contributed by atoms with Crippen molar-refractivity contribution in [3.63, 3.8) is 0 Å². The third-order valence-corrected chi connectivity index (χ3v) is 3.61. The van der Waals surface area contributed by atoms with Crippen LogP contribution in [0.4, 0.5) is 10.5 Å². The summed E-state index contributed by atoms with van der Waals surface area (Å²) in [5.41, 5.74) is 1.50. The SMILES string of the molecule is Cc1ccc(N2C(=O)SC(CC(=O)O)C2=O)cc1. The van der Waals surface area contributed by atoms with Crippen molar-refractivity contribution in [1.29, 1.82) is 0 Å². The molecular formula is C12H11NO4S. The Hall–Kier alpha value is -1.82. The van der Waals surface area contributed by atoms with Crippen LogP contribution in [0.2, 0.25) is 0 Å². The molecule has 2 amide bonds. The summed E-state index contributed by atoms with van der Waals surface area (Å²) in [6, 6.07) is 6.94. The number of carboxylic acids is 1. The Labute approximate surface area is 108 Å². The lowest BCUT2D eigenvalue weighted by molar-refractivity contribution is -0.138. The van der Waals surface area contributed by atoms with Crippen molar-refractivity contribution in [2.75, 3.05) is 4.90 Å². The summed E-state index contributed by atoms with van der Waals surface area (Å²) >= 11 is 0.766. The highest BCUT2D eigenvalue weighted by Crippen LogP contribution is 2.33. The number of carbonyl (C=O) groups is 3. The van der Waals surface area contributed by atoms with E-state index in [0.29, 0.717) is 5.69 Å². The molecule has 2 rings (SSSR count). The van der Waals surface area contributed by atoms with Crippen molar-refractivity contribution in [3.05, 3.63) is 29.8 Å². The highest BCUT2D eigenvalue weighted by atomic mass is 32.2. The molecule has 18 heavy (non-hydrogen) atoms. The molecule has 1 atom stereocenters. The predicted molar refractivity (Wildman–Crippen MR) is 67.7 cm³/mol. The maximum atomic E-state index is 12.0. The van der Waals surface area contributed by atoms with Crippen LogP contribution in [0, 0.1) is 6.92 Å². The van der Waals surface area contributed by atoms with E-state index in [0.717, 1.165) is 22.2 Å². The van der Waals surface area contributed by atoms with Crippen LogP contribution < -0.4 is 4.90 Å². The highest BCUT2D eigenvalue weighted by molar-refractivity contribution is 8.15. The van der Waals surface area contributed by atoms with E-state index in [2.05, 4.69) is 0 Å². The fourth-order valence-corrected chi connectivity index (χ4v) is 2.65. The molecule has 1 N–H and O–H groups in total. The zero-order valence-electron chi connectivity index (χ0n) is 9.62. The normalized spacial score (nSPS) is 19.4. The molecular weight excluding hydrogens is 254 g/mol. The number of thioether (sulfide) groups is 1. The van der Waals surface area contributed by atoms with Crippen molar-refractivity contribution in [2.24, 2.45) is 0 Å². The largest absolute Gasteiger partial charge is 0.481 e. The second-order valence-electron chi connectivity index (χ2n) is 3.98. The minimum Gasteiger partial charge on any atom is -0.481 e. The van der Waals surface area contributed by atoms with Crippen LogP contribution in [0.25, 0.3) is 0 Å². The molecule has 1 aromatic rings. The van der Waals surface area contributed by atoms with Crippen molar-refractivity contribution in [1.82, 2.24) is 0 Å². The number of aliphatic carboxylic acids is 1. The van der Waals surface area contributed by atoms with Gasteiger partial charge >= 0.3 is 5.97 Å². The first-order valence-corrected chi connectivity index (χ1v) is 6.20. The molecule has 1 fully saturated rings. The van der Waals surface area contributed by atoms with Gasteiger partial charge in [0.05, 0.1) is 12.1 Å². The second-order valence-corrected chi connectivity index (χ2v) is 5.13. The maximum Gasteiger partial charge on any atom is 0.305 e. The number of benzene rings is 1. The van der Waals surface area contributed by atoms with Gasteiger partial charge in [0, 0.05) is 0 Å². The number of anilines is 1. The van der Waals surface area contributed by atoms with Gasteiger partial charge in [-0.1, -0.05) is 17.7 Å².